The molecule has 106 valence electrons. The summed E-state index contributed by atoms with van der Waals surface area (Å²) in [4.78, 5) is 10.9. The molecule has 0 aliphatic heterocycles. The van der Waals surface area contributed by atoms with Crippen LogP contribution in [-0.2, 0) is 11.3 Å². The monoisotopic (exact) mass is 263 g/mol. The fourth-order valence-corrected chi connectivity index (χ4v) is 2.00. The summed E-state index contributed by atoms with van der Waals surface area (Å²) in [6.45, 7) is 7.58. The van der Waals surface area contributed by atoms with Crippen LogP contribution in [0.4, 0.5) is 0 Å². The van der Waals surface area contributed by atoms with E-state index in [4.69, 9.17) is 5.11 Å². The van der Waals surface area contributed by atoms with Gasteiger partial charge in [-0.25, -0.2) is 0 Å². The molecule has 0 heterocycles. The first-order valence-corrected chi connectivity index (χ1v) is 7.10. The van der Waals surface area contributed by atoms with Crippen molar-refractivity contribution in [2.24, 2.45) is 5.92 Å². The lowest BCUT2D eigenvalue weighted by Crippen LogP contribution is -2.27. The molecule has 0 aromatic heterocycles. The van der Waals surface area contributed by atoms with Crippen molar-refractivity contribution in [1.82, 2.24) is 5.32 Å². The molecule has 19 heavy (non-hydrogen) atoms. The smallest absolute Gasteiger partial charge is 0.307 e. The van der Waals surface area contributed by atoms with Gasteiger partial charge in [-0.15, -0.1) is 0 Å². The fraction of sp³-hybridized carbons (Fsp3) is 0.562. The van der Waals surface area contributed by atoms with Crippen LogP contribution in [0.5, 0.6) is 0 Å². The number of aliphatic carboxylic acids is 1. The van der Waals surface area contributed by atoms with Gasteiger partial charge in [0.25, 0.3) is 0 Å². The largest absolute Gasteiger partial charge is 0.481 e. The Hall–Kier alpha value is -1.35. The molecule has 0 aliphatic carbocycles. The second kappa shape index (κ2) is 7.95. The molecule has 3 heteroatoms. The van der Waals surface area contributed by atoms with Crippen molar-refractivity contribution in [3.63, 3.8) is 0 Å². The van der Waals surface area contributed by atoms with Crippen LogP contribution in [0, 0.1) is 5.92 Å². The summed E-state index contributed by atoms with van der Waals surface area (Å²) in [6, 6.07) is 8.58. The minimum absolute atomic E-state index is 0.292. The standard InChI is InChI=1S/C16H25NO2/c1-4-12(3)15-8-6-13(7-9-15)10-17-11-14(5-2)16(18)19/h6-9,12,14,17H,4-5,10-11H2,1-3H3,(H,18,19). The minimum atomic E-state index is -0.720. The second-order valence-corrected chi connectivity index (χ2v) is 5.13. The molecular formula is C16H25NO2. The molecule has 3 nitrogen and oxygen atoms in total. The van der Waals surface area contributed by atoms with Crippen molar-refractivity contribution in [3.05, 3.63) is 35.4 Å². The van der Waals surface area contributed by atoms with Gasteiger partial charge in [0.1, 0.15) is 0 Å². The van der Waals surface area contributed by atoms with Crippen molar-refractivity contribution in [1.29, 1.82) is 0 Å². The van der Waals surface area contributed by atoms with E-state index in [1.807, 2.05) is 6.92 Å². The summed E-state index contributed by atoms with van der Waals surface area (Å²) in [6.07, 6.45) is 1.81. The Balaban J connectivity index is 2.44. The Bertz CT molecular complexity index is 386. The van der Waals surface area contributed by atoms with Gasteiger partial charge < -0.3 is 10.4 Å². The summed E-state index contributed by atoms with van der Waals surface area (Å²) in [7, 11) is 0. The van der Waals surface area contributed by atoms with Crippen molar-refractivity contribution in [2.45, 2.75) is 46.1 Å². The topological polar surface area (TPSA) is 49.3 Å². The second-order valence-electron chi connectivity index (χ2n) is 5.13. The summed E-state index contributed by atoms with van der Waals surface area (Å²) >= 11 is 0. The molecule has 2 atom stereocenters. The van der Waals surface area contributed by atoms with Gasteiger partial charge >= 0.3 is 5.97 Å². The van der Waals surface area contributed by atoms with E-state index in [0.717, 1.165) is 13.0 Å². The van der Waals surface area contributed by atoms with Crippen molar-refractivity contribution in [2.75, 3.05) is 6.54 Å². The van der Waals surface area contributed by atoms with Gasteiger partial charge in [-0.3, -0.25) is 4.79 Å². The van der Waals surface area contributed by atoms with Gasteiger partial charge in [0.2, 0.25) is 0 Å². The SMILES string of the molecule is CCC(CNCc1ccc(C(C)CC)cc1)C(=O)O. The highest BCUT2D eigenvalue weighted by atomic mass is 16.4. The maximum absolute atomic E-state index is 10.9. The molecule has 0 saturated heterocycles. The van der Waals surface area contributed by atoms with E-state index in [-0.39, 0.29) is 5.92 Å². The molecule has 0 saturated carbocycles. The fourth-order valence-electron chi connectivity index (χ4n) is 2.00. The molecule has 0 aliphatic rings. The predicted molar refractivity (Wildman–Crippen MR) is 78.3 cm³/mol. The number of carboxylic acid groups (broad SMARTS) is 1. The van der Waals surface area contributed by atoms with E-state index in [1.165, 1.54) is 11.1 Å². The number of hydrogen-bond donors (Lipinski definition) is 2. The highest BCUT2D eigenvalue weighted by Gasteiger charge is 2.13. The molecule has 0 amide bonds. The highest BCUT2D eigenvalue weighted by molar-refractivity contribution is 5.70. The average Bonchev–Trinajstić information content (AvgIpc) is 2.43. The van der Waals surface area contributed by atoms with Crippen LogP contribution in [0.1, 0.15) is 50.7 Å². The van der Waals surface area contributed by atoms with E-state index >= 15 is 0 Å². The van der Waals surface area contributed by atoms with Gasteiger partial charge in [-0.05, 0) is 29.9 Å². The summed E-state index contributed by atoms with van der Waals surface area (Å²) < 4.78 is 0. The Labute approximate surface area is 116 Å². The molecule has 0 bridgehead atoms. The number of benzene rings is 1. The number of nitrogens with one attached hydrogen (secondary N) is 1. The van der Waals surface area contributed by atoms with Gasteiger partial charge in [-0.1, -0.05) is 45.0 Å². The van der Waals surface area contributed by atoms with Crippen molar-refractivity contribution < 1.29 is 9.90 Å². The lowest BCUT2D eigenvalue weighted by molar-refractivity contribution is -0.141. The number of rotatable bonds is 8. The van der Waals surface area contributed by atoms with Gasteiger partial charge in [0, 0.05) is 13.1 Å². The molecule has 1 aromatic carbocycles. The van der Waals surface area contributed by atoms with Crippen LogP contribution in [-0.4, -0.2) is 17.6 Å². The summed E-state index contributed by atoms with van der Waals surface area (Å²) in [5.41, 5.74) is 2.57. The lowest BCUT2D eigenvalue weighted by Gasteiger charge is -2.12. The van der Waals surface area contributed by atoms with Crippen LogP contribution in [0.2, 0.25) is 0 Å². The first-order valence-electron chi connectivity index (χ1n) is 7.10. The molecular weight excluding hydrogens is 238 g/mol. The Morgan fingerprint density at radius 2 is 1.84 bits per heavy atom. The number of carbonyl (C=O) groups is 1. The van der Waals surface area contributed by atoms with Gasteiger partial charge in [0.05, 0.1) is 5.92 Å². The van der Waals surface area contributed by atoms with Crippen LogP contribution < -0.4 is 5.32 Å². The first-order chi connectivity index (χ1) is 9.08. The Morgan fingerprint density at radius 3 is 2.32 bits per heavy atom. The normalized spacial score (nSPS) is 14.1. The van der Waals surface area contributed by atoms with Crippen LogP contribution in [0.25, 0.3) is 0 Å². The van der Waals surface area contributed by atoms with E-state index in [0.29, 0.717) is 18.9 Å². The molecule has 0 radical (unpaired) electrons. The van der Waals surface area contributed by atoms with Crippen molar-refractivity contribution in [3.8, 4) is 0 Å². The summed E-state index contributed by atoms with van der Waals surface area (Å²) in [5, 5.41) is 12.2. The molecule has 1 rings (SSSR count). The zero-order valence-electron chi connectivity index (χ0n) is 12.1. The number of hydrogen-bond acceptors (Lipinski definition) is 2. The van der Waals surface area contributed by atoms with Gasteiger partial charge in [0.15, 0.2) is 0 Å². The lowest BCUT2D eigenvalue weighted by atomic mass is 9.97. The van der Waals surface area contributed by atoms with Crippen LogP contribution >= 0.6 is 0 Å². The molecule has 0 fully saturated rings. The first kappa shape index (κ1) is 15.7. The zero-order chi connectivity index (χ0) is 14.3. The molecule has 0 spiro atoms. The third kappa shape index (κ3) is 5.03. The molecule has 2 N–H and O–H groups in total. The quantitative estimate of drug-likeness (QED) is 0.755. The maximum atomic E-state index is 10.9. The van der Waals surface area contributed by atoms with E-state index in [2.05, 4.69) is 43.4 Å². The van der Waals surface area contributed by atoms with E-state index < -0.39 is 5.97 Å². The predicted octanol–water partition coefficient (Wildman–Crippen LogP) is 3.40. The molecule has 2 unspecified atom stereocenters. The third-order valence-electron chi connectivity index (χ3n) is 3.72. The Morgan fingerprint density at radius 1 is 1.21 bits per heavy atom. The van der Waals surface area contributed by atoms with Crippen LogP contribution in [0.15, 0.2) is 24.3 Å². The van der Waals surface area contributed by atoms with Crippen LogP contribution in [0.3, 0.4) is 0 Å². The maximum Gasteiger partial charge on any atom is 0.307 e. The van der Waals surface area contributed by atoms with E-state index in [1.54, 1.807) is 0 Å². The van der Waals surface area contributed by atoms with E-state index in [9.17, 15) is 4.79 Å². The molecule has 1 aromatic rings. The highest BCUT2D eigenvalue weighted by Crippen LogP contribution is 2.18. The zero-order valence-corrected chi connectivity index (χ0v) is 12.1. The minimum Gasteiger partial charge on any atom is -0.481 e. The average molecular weight is 263 g/mol. The van der Waals surface area contributed by atoms with Crippen molar-refractivity contribution >= 4 is 5.97 Å². The third-order valence-corrected chi connectivity index (χ3v) is 3.72. The summed E-state index contributed by atoms with van der Waals surface area (Å²) in [5.74, 6) is -0.417. The van der Waals surface area contributed by atoms with Gasteiger partial charge in [-0.2, -0.15) is 0 Å². The number of carboxylic acids is 1. The Kier molecular flexibility index (Phi) is 6.57.